The molecular weight excluding hydrogens is 489 g/mol. The lowest BCUT2D eigenvalue weighted by Gasteiger charge is -2.06. The van der Waals surface area contributed by atoms with Gasteiger partial charge in [0.2, 0.25) is 5.88 Å². The van der Waals surface area contributed by atoms with Crippen LogP contribution in [0.5, 0.6) is 11.6 Å². The molecule has 3 rings (SSSR count). The normalized spacial score (nSPS) is 11.4. The Hall–Kier alpha value is -1.90. The molecule has 134 valence electrons. The third-order valence-corrected chi connectivity index (χ3v) is 4.85. The van der Waals surface area contributed by atoms with E-state index in [4.69, 9.17) is 16.3 Å². The van der Waals surface area contributed by atoms with E-state index < -0.39 is 5.91 Å². The van der Waals surface area contributed by atoms with Crippen LogP contribution in [0.4, 0.5) is 5.69 Å². The first-order valence-corrected chi connectivity index (χ1v) is 9.34. The van der Waals surface area contributed by atoms with E-state index in [0.29, 0.717) is 21.7 Å². The van der Waals surface area contributed by atoms with Crippen LogP contribution in [0, 0.1) is 6.92 Å². The van der Waals surface area contributed by atoms with Gasteiger partial charge in [0, 0.05) is 19.4 Å². The summed E-state index contributed by atoms with van der Waals surface area (Å²) >= 11 is 12.7. The standard InChI is InChI=1S/C17H12Br2ClN3O3/c1-8-4-10(20)2-3-13(8)26-7-14(24)22-23-16-11-5-9(18)6-12(19)15(11)21-17(16)25/h2-6,21,25H,7H2,1H3. The predicted octanol–water partition coefficient (Wildman–Crippen LogP) is 6.05. The van der Waals surface area contributed by atoms with Crippen LogP contribution in [0.15, 0.2) is 49.5 Å². The number of hydrogen-bond acceptors (Lipinski definition) is 4. The molecule has 0 saturated heterocycles. The van der Waals surface area contributed by atoms with Gasteiger partial charge in [0.25, 0.3) is 0 Å². The second kappa shape index (κ2) is 7.77. The largest absolute Gasteiger partial charge is 0.493 e. The van der Waals surface area contributed by atoms with Gasteiger partial charge in [-0.25, -0.2) is 0 Å². The highest BCUT2D eigenvalue weighted by molar-refractivity contribution is 9.11. The van der Waals surface area contributed by atoms with Gasteiger partial charge in [-0.3, -0.25) is 4.79 Å². The van der Waals surface area contributed by atoms with E-state index >= 15 is 0 Å². The van der Waals surface area contributed by atoms with E-state index in [2.05, 4.69) is 47.1 Å². The van der Waals surface area contributed by atoms with E-state index in [1.54, 1.807) is 24.3 Å². The van der Waals surface area contributed by atoms with Gasteiger partial charge >= 0.3 is 5.91 Å². The van der Waals surface area contributed by atoms with Crippen LogP contribution < -0.4 is 4.74 Å². The molecule has 3 aromatic rings. The molecule has 0 fully saturated rings. The summed E-state index contributed by atoms with van der Waals surface area (Å²) in [5, 5.41) is 18.7. The molecule has 0 bridgehead atoms. The number of amides is 1. The van der Waals surface area contributed by atoms with Crippen molar-refractivity contribution in [2.45, 2.75) is 6.92 Å². The van der Waals surface area contributed by atoms with Gasteiger partial charge in [0.1, 0.15) is 5.75 Å². The molecule has 0 unspecified atom stereocenters. The zero-order valence-electron chi connectivity index (χ0n) is 13.4. The smallest absolute Gasteiger partial charge is 0.302 e. The van der Waals surface area contributed by atoms with E-state index in [9.17, 15) is 9.90 Å². The van der Waals surface area contributed by atoms with Gasteiger partial charge in [-0.15, -0.1) is 10.2 Å². The van der Waals surface area contributed by atoms with Crippen molar-refractivity contribution in [2.75, 3.05) is 6.61 Å². The maximum Gasteiger partial charge on any atom is 0.302 e. The molecule has 0 aliphatic carbocycles. The number of H-pyrrole nitrogens is 1. The molecule has 0 spiro atoms. The lowest BCUT2D eigenvalue weighted by atomic mass is 10.2. The number of ether oxygens (including phenoxy) is 1. The Labute approximate surface area is 170 Å². The number of aromatic amines is 1. The lowest BCUT2D eigenvalue weighted by molar-refractivity contribution is -0.120. The Bertz CT molecular complexity index is 1030. The first kappa shape index (κ1) is 18.9. The fourth-order valence-corrected chi connectivity index (χ4v) is 3.89. The van der Waals surface area contributed by atoms with Gasteiger partial charge < -0.3 is 14.8 Å². The van der Waals surface area contributed by atoms with E-state index in [-0.39, 0.29) is 18.2 Å². The molecular formula is C17H12Br2ClN3O3. The van der Waals surface area contributed by atoms with Crippen LogP contribution in [-0.2, 0) is 4.79 Å². The molecule has 1 aromatic heterocycles. The van der Waals surface area contributed by atoms with Crippen LogP contribution in [0.1, 0.15) is 5.56 Å². The fourth-order valence-electron chi connectivity index (χ4n) is 2.34. The van der Waals surface area contributed by atoms with Crippen molar-refractivity contribution in [1.29, 1.82) is 0 Å². The summed E-state index contributed by atoms with van der Waals surface area (Å²) in [7, 11) is 0. The number of fused-ring (bicyclic) bond motifs is 1. The highest BCUT2D eigenvalue weighted by Crippen LogP contribution is 2.40. The monoisotopic (exact) mass is 499 g/mol. The number of aryl methyl sites for hydroxylation is 1. The first-order valence-electron chi connectivity index (χ1n) is 7.38. The molecule has 2 N–H and O–H groups in total. The summed E-state index contributed by atoms with van der Waals surface area (Å²) < 4.78 is 6.97. The van der Waals surface area contributed by atoms with Crippen molar-refractivity contribution in [1.82, 2.24) is 4.98 Å². The molecule has 0 aliphatic heterocycles. The van der Waals surface area contributed by atoms with Crippen molar-refractivity contribution in [2.24, 2.45) is 10.2 Å². The van der Waals surface area contributed by atoms with Crippen LogP contribution in [0.25, 0.3) is 10.9 Å². The maximum absolute atomic E-state index is 11.9. The predicted molar refractivity (Wildman–Crippen MR) is 107 cm³/mol. The van der Waals surface area contributed by atoms with E-state index in [1.807, 2.05) is 13.0 Å². The summed E-state index contributed by atoms with van der Waals surface area (Å²) in [6.07, 6.45) is 0. The van der Waals surface area contributed by atoms with E-state index in [0.717, 1.165) is 14.5 Å². The average Bonchev–Trinajstić information content (AvgIpc) is 2.88. The number of carbonyl (C=O) groups excluding carboxylic acids is 1. The Kier molecular flexibility index (Phi) is 5.64. The van der Waals surface area contributed by atoms with Crippen LogP contribution in [0.3, 0.4) is 0 Å². The molecule has 2 aromatic carbocycles. The van der Waals surface area contributed by atoms with Crippen molar-refractivity contribution >= 4 is 66.0 Å². The number of carbonyl (C=O) groups is 1. The topological polar surface area (TPSA) is 87.0 Å². The van der Waals surface area contributed by atoms with Gasteiger partial charge in [-0.05, 0) is 58.7 Å². The molecule has 1 amide bonds. The molecule has 26 heavy (non-hydrogen) atoms. The lowest BCUT2D eigenvalue weighted by Crippen LogP contribution is -2.08. The summed E-state index contributed by atoms with van der Waals surface area (Å²) in [4.78, 5) is 14.7. The molecule has 0 saturated carbocycles. The minimum Gasteiger partial charge on any atom is -0.493 e. The molecule has 0 aliphatic rings. The minimum atomic E-state index is -0.581. The summed E-state index contributed by atoms with van der Waals surface area (Å²) in [6, 6.07) is 8.69. The van der Waals surface area contributed by atoms with Gasteiger partial charge in [-0.1, -0.05) is 27.5 Å². The SMILES string of the molecule is Cc1cc(Cl)ccc1OCC(=O)N=Nc1c(O)[nH]c2c(Br)cc(Br)cc12. The molecule has 6 nitrogen and oxygen atoms in total. The van der Waals surface area contributed by atoms with E-state index in [1.165, 1.54) is 0 Å². The third kappa shape index (κ3) is 4.08. The summed E-state index contributed by atoms with van der Waals surface area (Å²) in [6.45, 7) is 1.55. The Morgan fingerprint density at radius 3 is 2.81 bits per heavy atom. The summed E-state index contributed by atoms with van der Waals surface area (Å²) in [5.74, 6) is -0.215. The van der Waals surface area contributed by atoms with Gasteiger partial charge in [0.15, 0.2) is 12.3 Å². The Balaban J connectivity index is 1.76. The highest BCUT2D eigenvalue weighted by atomic mass is 79.9. The first-order chi connectivity index (χ1) is 12.3. The molecule has 0 radical (unpaired) electrons. The quantitative estimate of drug-likeness (QED) is 0.427. The second-order valence-corrected chi connectivity index (χ2v) is 7.63. The number of benzene rings is 2. The zero-order chi connectivity index (χ0) is 18.8. The number of halogens is 3. The number of nitrogens with one attached hydrogen (secondary N) is 1. The number of azo groups is 1. The second-order valence-electron chi connectivity index (χ2n) is 5.42. The number of aromatic hydroxyl groups is 1. The Morgan fingerprint density at radius 2 is 2.08 bits per heavy atom. The molecule has 1 heterocycles. The third-order valence-electron chi connectivity index (χ3n) is 3.53. The maximum atomic E-state index is 11.9. The molecule has 0 atom stereocenters. The van der Waals surface area contributed by atoms with Gasteiger partial charge in [-0.2, -0.15) is 0 Å². The van der Waals surface area contributed by atoms with Crippen LogP contribution >= 0.6 is 43.5 Å². The van der Waals surface area contributed by atoms with Crippen molar-refractivity contribution in [3.63, 3.8) is 0 Å². The van der Waals surface area contributed by atoms with Crippen LogP contribution in [-0.4, -0.2) is 22.6 Å². The van der Waals surface area contributed by atoms with Crippen molar-refractivity contribution < 1.29 is 14.6 Å². The number of aromatic nitrogens is 1. The number of nitrogens with zero attached hydrogens (tertiary/aromatic N) is 2. The summed E-state index contributed by atoms with van der Waals surface area (Å²) in [5.41, 5.74) is 1.64. The van der Waals surface area contributed by atoms with Crippen molar-refractivity contribution in [3.05, 3.63) is 49.9 Å². The number of rotatable bonds is 4. The fraction of sp³-hybridized carbons (Fsp3) is 0.118. The van der Waals surface area contributed by atoms with Gasteiger partial charge in [0.05, 0.1) is 5.52 Å². The highest BCUT2D eigenvalue weighted by Gasteiger charge is 2.14. The van der Waals surface area contributed by atoms with Crippen molar-refractivity contribution in [3.8, 4) is 11.6 Å². The molecule has 9 heteroatoms. The number of hydrogen-bond donors (Lipinski definition) is 2. The minimum absolute atomic E-state index is 0.176. The average molecular weight is 502 g/mol. The van der Waals surface area contributed by atoms with Crippen LogP contribution in [0.2, 0.25) is 5.02 Å². The Morgan fingerprint density at radius 1 is 1.31 bits per heavy atom. The zero-order valence-corrected chi connectivity index (χ0v) is 17.3.